The second-order valence-corrected chi connectivity index (χ2v) is 48.6. The van der Waals surface area contributed by atoms with Crippen molar-refractivity contribution in [2.75, 3.05) is 13.3 Å². The predicted molar refractivity (Wildman–Crippen MR) is 626 cm³/mol. The van der Waals surface area contributed by atoms with Gasteiger partial charge in [0.05, 0.1) is 0 Å². The highest BCUT2D eigenvalue weighted by Gasteiger charge is 2.31. The quantitative estimate of drug-likeness (QED) is 0.0380. The minimum absolute atomic E-state index is 0.279. The van der Waals surface area contributed by atoms with Crippen LogP contribution in [0.15, 0.2) is 273 Å². The fourth-order valence-corrected chi connectivity index (χ4v) is 24.5. The monoisotopic (exact) mass is 1880 g/mol. The lowest BCUT2D eigenvalue weighted by atomic mass is 9.79. The van der Waals surface area contributed by atoms with Crippen LogP contribution in [0.5, 0.6) is 0 Å². The van der Waals surface area contributed by atoms with E-state index in [1.54, 1.807) is 0 Å². The fraction of sp³-hybridized carbons (Fsp3) is 0.357. The molecule has 15 rings (SSSR count). The Balaban J connectivity index is 1.13. The lowest BCUT2D eigenvalue weighted by Gasteiger charge is -2.25. The van der Waals surface area contributed by atoms with E-state index in [0.29, 0.717) is 0 Å². The van der Waals surface area contributed by atoms with Crippen molar-refractivity contribution in [2.45, 2.75) is 316 Å². The summed E-state index contributed by atoms with van der Waals surface area (Å²) >= 11 is 0. The van der Waals surface area contributed by atoms with Crippen molar-refractivity contribution in [3.63, 3.8) is 0 Å². The molecule has 15 aromatic rings. The molecule has 0 bridgehead atoms. The van der Waals surface area contributed by atoms with Crippen LogP contribution in [0, 0.1) is 0 Å². The topological polar surface area (TPSA) is 0 Å². The van der Waals surface area contributed by atoms with Gasteiger partial charge in [0, 0.05) is 0 Å². The molecule has 0 nitrogen and oxygen atoms in total. The van der Waals surface area contributed by atoms with E-state index in [1.165, 1.54) is 250 Å². The van der Waals surface area contributed by atoms with E-state index in [0.717, 1.165) is 0 Å². The summed E-state index contributed by atoms with van der Waals surface area (Å²) in [5, 5.41) is 1.38. The summed E-state index contributed by atoms with van der Waals surface area (Å²) in [6.45, 7) is 81.6. The molecule has 0 saturated carbocycles. The molecule has 1 heteroatoms. The van der Waals surface area contributed by atoms with Gasteiger partial charge in [0.1, 0.15) is 0 Å². The molecule has 0 heterocycles. The number of benzene rings is 15. The normalized spacial score (nSPS) is 12.3. The van der Waals surface area contributed by atoms with Crippen LogP contribution in [-0.4, -0.2) is 13.3 Å². The van der Waals surface area contributed by atoms with Crippen molar-refractivity contribution in [3.05, 3.63) is 362 Å². The van der Waals surface area contributed by atoms with Crippen molar-refractivity contribution in [3.8, 4) is 156 Å². The van der Waals surface area contributed by atoms with Crippen LogP contribution >= 0.6 is 7.92 Å². The number of hydrogen-bond donors (Lipinski definition) is 0. The summed E-state index contributed by atoms with van der Waals surface area (Å²) in [4.78, 5) is 0. The Hall–Kier alpha value is -11.3. The first-order chi connectivity index (χ1) is 67.0. The summed E-state index contributed by atoms with van der Waals surface area (Å²) in [5.41, 5.74) is 57.6. The molecule has 141 heavy (non-hydrogen) atoms. The largest absolute Gasteiger partial charge is 0.0803 e. The first-order valence-corrected chi connectivity index (χ1v) is 56.0. The van der Waals surface area contributed by atoms with Gasteiger partial charge < -0.3 is 0 Å². The van der Waals surface area contributed by atoms with Crippen molar-refractivity contribution < 1.29 is 0 Å². The second kappa shape index (κ2) is 43.5. The van der Waals surface area contributed by atoms with Gasteiger partial charge in [0.2, 0.25) is 0 Å². The zero-order valence-electron chi connectivity index (χ0n) is 92.2. The molecule has 0 aliphatic rings. The Labute approximate surface area is 854 Å². The van der Waals surface area contributed by atoms with Gasteiger partial charge in [-0.25, -0.2) is 0 Å². The Morgan fingerprint density at radius 1 is 0.121 bits per heavy atom. The predicted octanol–water partition coefficient (Wildman–Crippen LogP) is 43.4. The first-order valence-electron chi connectivity index (χ1n) is 53.8. The van der Waals surface area contributed by atoms with Crippen molar-refractivity contribution in [2.24, 2.45) is 0 Å². The summed E-state index contributed by atoms with van der Waals surface area (Å²) in [7, 11) is -0.884. The van der Waals surface area contributed by atoms with Gasteiger partial charge in [-0.15, -0.1) is 0 Å². The zero-order chi connectivity index (χ0) is 102. The molecule has 0 aromatic heterocycles. The van der Waals surface area contributed by atoms with E-state index in [4.69, 9.17) is 0 Å². The Morgan fingerprint density at radius 2 is 0.213 bits per heavy atom. The maximum Gasteiger partial charge on any atom is -0.00895 e. The van der Waals surface area contributed by atoms with Crippen LogP contribution in [0.25, 0.3) is 156 Å². The van der Waals surface area contributed by atoms with E-state index in [1.807, 2.05) is 0 Å². The van der Waals surface area contributed by atoms with Gasteiger partial charge in [0.25, 0.3) is 0 Å². The van der Waals surface area contributed by atoms with Gasteiger partial charge in [-0.1, -0.05) is 393 Å². The molecule has 0 aliphatic heterocycles. The van der Waals surface area contributed by atoms with Gasteiger partial charge in [0.15, 0.2) is 0 Å². The standard InChI is InChI=1S/C140H163P/c1-80(2)114-44-35-45-115(81(3)4)132(114)106-68-100(69-107(76-106)133-116(82(5)6)46-36-47-117(133)83(7)8)96-62-97(101-70-108(134-118(84(9)10)48-37-49-119(134)85(11)12)77-109(71-101)135-120(86(13)14)50-38-51-121(135)87(15)16)65-104(64-96)130-60-43-61-131(140(130)141(33)34)105-66-98(102-72-110(136-122(88(17)18)52-39-53-123(136)89(19)20)78-111(73-102)137-124(90(21)22)54-40-55-125(137)91(23)24)63-99(67-105)103-74-112(138-126(92(25)26)56-41-57-127(138)93(27)28)79-113(75-103)139-128(94(29)30)58-42-59-129(139)95(31)32/h35-95H,1-34H3. The molecule has 0 spiro atoms. The summed E-state index contributed by atoms with van der Waals surface area (Å²) < 4.78 is 0. The van der Waals surface area contributed by atoms with Gasteiger partial charge in [-0.05, 0) is 467 Å². The number of hydrogen-bond acceptors (Lipinski definition) is 0. The SMILES string of the molecule is CC(C)c1cccc(C(C)C)c1-c1cc(-c2cc(-c3cc(-c4c(C(C)C)cccc4C(C)C)cc(-c4c(C(C)C)cccc4C(C)C)c3)cc(-c3cccc(-c4cc(-c5cc(-c6c(C(C)C)cccc6C(C)C)cc(-c6c(C(C)C)cccc6C(C)C)c5)cc(-c5cc(-c6c(C(C)C)cccc6C(C)C)cc(-c6c(C(C)C)cccc6C(C)C)c5)c4)c3P(C)C)c2)cc(-c2c(C(C)C)cccc2C(C)C)c1. The highest BCUT2D eigenvalue weighted by molar-refractivity contribution is 7.64. The molecule has 0 radical (unpaired) electrons. The minimum Gasteiger partial charge on any atom is -0.0803 e. The maximum absolute atomic E-state index is 2.62. The van der Waals surface area contributed by atoms with Crippen LogP contribution in [0.1, 0.15) is 405 Å². The molecule has 0 amide bonds. The second-order valence-electron chi connectivity index (χ2n) is 46.4. The van der Waals surface area contributed by atoms with E-state index in [9.17, 15) is 0 Å². The van der Waals surface area contributed by atoms with Crippen LogP contribution in [0.2, 0.25) is 0 Å². The fourth-order valence-electron chi connectivity index (χ4n) is 23.1. The Kier molecular flexibility index (Phi) is 32.1. The lowest BCUT2D eigenvalue weighted by Crippen LogP contribution is -2.09. The molecule has 15 aromatic carbocycles. The molecule has 728 valence electrons. The molecule has 0 saturated heterocycles. The minimum atomic E-state index is -0.884. The van der Waals surface area contributed by atoms with E-state index in [-0.39, 0.29) is 94.7 Å². The molecule has 0 unspecified atom stereocenters. The molecule has 0 fully saturated rings. The smallest absolute Gasteiger partial charge is 0.00895 e. The molecule has 0 atom stereocenters. The highest BCUT2D eigenvalue weighted by atomic mass is 31.1. The average molecular weight is 1880 g/mol. The maximum atomic E-state index is 2.62. The van der Waals surface area contributed by atoms with Crippen LogP contribution in [-0.2, 0) is 0 Å². The summed E-state index contributed by atoms with van der Waals surface area (Å²) in [6, 6.07) is 111. The molecular weight excluding hydrogens is 1710 g/mol. The Morgan fingerprint density at radius 3 is 0.319 bits per heavy atom. The summed E-state index contributed by atoms with van der Waals surface area (Å²) in [6.07, 6.45) is 0. The first kappa shape index (κ1) is 104. The van der Waals surface area contributed by atoms with Gasteiger partial charge in [-0.3, -0.25) is 0 Å². The summed E-state index contributed by atoms with van der Waals surface area (Å²) in [5.74, 6) is 4.47. The lowest BCUT2D eigenvalue weighted by molar-refractivity contribution is 0.836. The third-order valence-corrected chi connectivity index (χ3v) is 31.7. The van der Waals surface area contributed by atoms with Crippen LogP contribution < -0.4 is 5.30 Å². The Bertz CT molecular complexity index is 5730. The van der Waals surface area contributed by atoms with E-state index in [2.05, 4.69) is 508 Å². The van der Waals surface area contributed by atoms with Gasteiger partial charge in [-0.2, -0.15) is 0 Å². The van der Waals surface area contributed by atoms with E-state index < -0.39 is 7.92 Å². The van der Waals surface area contributed by atoms with Crippen molar-refractivity contribution in [1.29, 1.82) is 0 Å². The highest BCUT2D eigenvalue weighted by Crippen LogP contribution is 2.54. The van der Waals surface area contributed by atoms with Crippen LogP contribution in [0.4, 0.5) is 0 Å². The third kappa shape index (κ3) is 21.4. The van der Waals surface area contributed by atoms with Crippen molar-refractivity contribution >= 4 is 13.2 Å². The van der Waals surface area contributed by atoms with E-state index >= 15 is 0 Å². The molecule has 0 aliphatic carbocycles. The average Bonchev–Trinajstić information content (AvgIpc) is 0.750. The third-order valence-electron chi connectivity index (χ3n) is 30.3. The molecule has 0 N–H and O–H groups in total. The van der Waals surface area contributed by atoms with Gasteiger partial charge >= 0.3 is 0 Å². The van der Waals surface area contributed by atoms with Crippen LogP contribution in [0.3, 0.4) is 0 Å². The number of rotatable bonds is 31. The van der Waals surface area contributed by atoms with Crippen molar-refractivity contribution in [1.82, 2.24) is 0 Å². The zero-order valence-corrected chi connectivity index (χ0v) is 93.1. The molecular formula is C140H163P.